The Morgan fingerprint density at radius 1 is 1.30 bits per heavy atom. The van der Waals surface area contributed by atoms with E-state index in [1.54, 1.807) is 12.1 Å². The van der Waals surface area contributed by atoms with Gasteiger partial charge in [-0.15, -0.1) is 0 Å². The third-order valence-electron chi connectivity index (χ3n) is 2.86. The molecule has 104 valence electrons. The number of hydrogen-bond donors (Lipinski definition) is 2. The van der Waals surface area contributed by atoms with Crippen LogP contribution in [0.1, 0.15) is 23.1 Å². The second-order valence-electron chi connectivity index (χ2n) is 4.44. The Kier molecular flexibility index (Phi) is 4.74. The summed E-state index contributed by atoms with van der Waals surface area (Å²) in [4.78, 5) is 11.8. The van der Waals surface area contributed by atoms with E-state index in [0.29, 0.717) is 5.76 Å². The number of aliphatic hydroxyl groups is 1. The molecule has 0 saturated carbocycles. The maximum atomic E-state index is 11.8. The molecule has 0 fully saturated rings. The molecule has 0 bridgehead atoms. The van der Waals surface area contributed by atoms with Gasteiger partial charge in [-0.2, -0.15) is 0 Å². The molecule has 0 aliphatic heterocycles. The number of carbonyl (C=O) groups is 1. The van der Waals surface area contributed by atoms with Crippen LogP contribution in [-0.2, 0) is 4.79 Å². The number of hydrogen-bond acceptors (Lipinski definition) is 3. The summed E-state index contributed by atoms with van der Waals surface area (Å²) in [5.74, 6) is 1.14. The van der Waals surface area contributed by atoms with E-state index in [9.17, 15) is 9.90 Å². The van der Waals surface area contributed by atoms with Gasteiger partial charge in [0.25, 0.3) is 0 Å². The molecule has 4 nitrogen and oxygen atoms in total. The molecular formula is C16H17NO3. The number of amides is 1. The van der Waals surface area contributed by atoms with Crippen LogP contribution in [0.2, 0.25) is 0 Å². The van der Waals surface area contributed by atoms with Crippen LogP contribution in [0.15, 0.2) is 53.0 Å². The number of furan rings is 1. The van der Waals surface area contributed by atoms with Gasteiger partial charge in [0.15, 0.2) is 0 Å². The minimum absolute atomic E-state index is 0.149. The minimum Gasteiger partial charge on any atom is -0.462 e. The minimum atomic E-state index is -0.410. The molecule has 2 rings (SSSR count). The maximum Gasteiger partial charge on any atom is 0.244 e. The number of benzene rings is 1. The lowest BCUT2D eigenvalue weighted by Gasteiger charge is -2.15. The average Bonchev–Trinajstić information content (AvgIpc) is 2.89. The molecule has 0 spiro atoms. The molecule has 20 heavy (non-hydrogen) atoms. The van der Waals surface area contributed by atoms with Crippen molar-refractivity contribution in [3.63, 3.8) is 0 Å². The van der Waals surface area contributed by atoms with Gasteiger partial charge in [0.1, 0.15) is 11.5 Å². The molecule has 1 atom stereocenters. The van der Waals surface area contributed by atoms with Gasteiger partial charge in [0.2, 0.25) is 5.91 Å². The number of carbonyl (C=O) groups excluding carboxylic acids is 1. The summed E-state index contributed by atoms with van der Waals surface area (Å²) in [6, 6.07) is 12.6. The highest BCUT2D eigenvalue weighted by Gasteiger charge is 2.11. The Morgan fingerprint density at radius 3 is 2.65 bits per heavy atom. The number of rotatable bonds is 5. The van der Waals surface area contributed by atoms with E-state index in [0.717, 1.165) is 11.3 Å². The van der Waals surface area contributed by atoms with Crippen molar-refractivity contribution in [2.45, 2.75) is 13.0 Å². The monoisotopic (exact) mass is 271 g/mol. The average molecular weight is 271 g/mol. The van der Waals surface area contributed by atoms with E-state index in [2.05, 4.69) is 5.32 Å². The number of nitrogens with one attached hydrogen (secondary N) is 1. The second kappa shape index (κ2) is 6.73. The molecule has 0 aliphatic rings. The van der Waals surface area contributed by atoms with Crippen LogP contribution in [0, 0.1) is 6.92 Å². The van der Waals surface area contributed by atoms with Crippen LogP contribution in [0.5, 0.6) is 0 Å². The van der Waals surface area contributed by atoms with Crippen LogP contribution in [0.25, 0.3) is 6.08 Å². The van der Waals surface area contributed by atoms with Gasteiger partial charge in [-0.05, 0) is 30.7 Å². The first-order valence-corrected chi connectivity index (χ1v) is 6.40. The summed E-state index contributed by atoms with van der Waals surface area (Å²) in [6.45, 7) is 1.69. The fourth-order valence-electron chi connectivity index (χ4n) is 1.84. The first-order chi connectivity index (χ1) is 9.69. The largest absolute Gasteiger partial charge is 0.462 e. The van der Waals surface area contributed by atoms with Crippen molar-refractivity contribution >= 4 is 12.0 Å². The van der Waals surface area contributed by atoms with Gasteiger partial charge in [-0.1, -0.05) is 30.3 Å². The van der Waals surface area contributed by atoms with Crippen molar-refractivity contribution in [3.05, 3.63) is 65.6 Å². The van der Waals surface area contributed by atoms with Crippen molar-refractivity contribution in [1.29, 1.82) is 0 Å². The molecule has 1 amide bonds. The molecule has 1 aromatic carbocycles. The normalized spacial score (nSPS) is 12.5. The molecule has 1 aromatic heterocycles. The van der Waals surface area contributed by atoms with Crippen LogP contribution in [0.4, 0.5) is 0 Å². The number of aliphatic hydroxyl groups excluding tert-OH is 1. The molecule has 0 aliphatic carbocycles. The first-order valence-electron chi connectivity index (χ1n) is 6.40. The van der Waals surface area contributed by atoms with Crippen molar-refractivity contribution in [1.82, 2.24) is 5.32 Å². The van der Waals surface area contributed by atoms with E-state index < -0.39 is 6.04 Å². The second-order valence-corrected chi connectivity index (χ2v) is 4.44. The van der Waals surface area contributed by atoms with Crippen LogP contribution >= 0.6 is 0 Å². The van der Waals surface area contributed by atoms with Gasteiger partial charge in [0.05, 0.1) is 12.6 Å². The Morgan fingerprint density at radius 2 is 2.05 bits per heavy atom. The zero-order chi connectivity index (χ0) is 14.4. The first kappa shape index (κ1) is 14.1. The standard InChI is InChI=1S/C16H17NO3/c1-12-7-8-14(20-12)9-10-16(19)17-15(11-18)13-5-3-2-4-6-13/h2-10,15,18H,11H2,1H3,(H,17,19)/b10-9+/t15-/m1/s1. The van der Waals surface area contributed by atoms with Crippen LogP contribution < -0.4 is 5.32 Å². The lowest BCUT2D eigenvalue weighted by atomic mass is 10.1. The summed E-state index contributed by atoms with van der Waals surface area (Å²) in [7, 11) is 0. The molecule has 0 radical (unpaired) electrons. The predicted molar refractivity (Wildman–Crippen MR) is 76.9 cm³/mol. The highest BCUT2D eigenvalue weighted by atomic mass is 16.3. The fourth-order valence-corrected chi connectivity index (χ4v) is 1.84. The van der Waals surface area contributed by atoms with E-state index >= 15 is 0 Å². The Labute approximate surface area is 117 Å². The third-order valence-corrected chi connectivity index (χ3v) is 2.86. The highest BCUT2D eigenvalue weighted by molar-refractivity contribution is 5.91. The highest BCUT2D eigenvalue weighted by Crippen LogP contribution is 2.12. The summed E-state index contributed by atoms with van der Waals surface area (Å²) < 4.78 is 5.33. The van der Waals surface area contributed by atoms with Crippen molar-refractivity contribution in [2.75, 3.05) is 6.61 Å². The number of aryl methyl sites for hydroxylation is 1. The molecule has 0 saturated heterocycles. The molecule has 1 heterocycles. The molecule has 2 N–H and O–H groups in total. The topological polar surface area (TPSA) is 62.5 Å². The van der Waals surface area contributed by atoms with Crippen LogP contribution in [-0.4, -0.2) is 17.6 Å². The fraction of sp³-hybridized carbons (Fsp3) is 0.188. The quantitative estimate of drug-likeness (QED) is 0.821. The SMILES string of the molecule is Cc1ccc(/C=C/C(=O)N[C@H](CO)c2ccccc2)o1. The van der Waals surface area contributed by atoms with E-state index in [4.69, 9.17) is 4.42 Å². The molecule has 4 heteroatoms. The Bertz CT molecular complexity index is 587. The lowest BCUT2D eigenvalue weighted by molar-refractivity contribution is -0.117. The summed E-state index contributed by atoms with van der Waals surface area (Å²) >= 11 is 0. The summed E-state index contributed by atoms with van der Waals surface area (Å²) in [6.07, 6.45) is 2.99. The van der Waals surface area contributed by atoms with Crippen LogP contribution in [0.3, 0.4) is 0 Å². The van der Waals surface area contributed by atoms with Crippen molar-refractivity contribution in [3.8, 4) is 0 Å². The summed E-state index contributed by atoms with van der Waals surface area (Å²) in [5.41, 5.74) is 0.866. The van der Waals surface area contributed by atoms with Gasteiger partial charge in [-0.25, -0.2) is 0 Å². The van der Waals surface area contributed by atoms with Gasteiger partial charge in [-0.3, -0.25) is 4.79 Å². The summed E-state index contributed by atoms with van der Waals surface area (Å²) in [5, 5.41) is 12.1. The smallest absolute Gasteiger partial charge is 0.244 e. The van der Waals surface area contributed by atoms with E-state index in [1.165, 1.54) is 6.08 Å². The van der Waals surface area contributed by atoms with E-state index in [-0.39, 0.29) is 12.5 Å². The predicted octanol–water partition coefficient (Wildman–Crippen LogP) is 2.45. The van der Waals surface area contributed by atoms with Crippen molar-refractivity contribution < 1.29 is 14.3 Å². The van der Waals surface area contributed by atoms with Gasteiger partial charge >= 0.3 is 0 Å². The zero-order valence-electron chi connectivity index (χ0n) is 11.2. The van der Waals surface area contributed by atoms with Gasteiger partial charge in [0, 0.05) is 6.08 Å². The zero-order valence-corrected chi connectivity index (χ0v) is 11.2. The third kappa shape index (κ3) is 3.83. The molecular weight excluding hydrogens is 254 g/mol. The molecule has 0 unspecified atom stereocenters. The lowest BCUT2D eigenvalue weighted by Crippen LogP contribution is -2.29. The van der Waals surface area contributed by atoms with E-state index in [1.807, 2.05) is 43.3 Å². The Hall–Kier alpha value is -2.33. The van der Waals surface area contributed by atoms with Crippen molar-refractivity contribution in [2.24, 2.45) is 0 Å². The Balaban J connectivity index is 1.98. The molecule has 2 aromatic rings. The maximum absolute atomic E-state index is 11.8. The van der Waals surface area contributed by atoms with Gasteiger partial charge < -0.3 is 14.8 Å².